The van der Waals surface area contributed by atoms with Crippen LogP contribution in [0.4, 0.5) is 4.79 Å². The van der Waals surface area contributed by atoms with E-state index in [9.17, 15) is 9.59 Å². The van der Waals surface area contributed by atoms with Crippen molar-refractivity contribution >= 4 is 6.03 Å². The van der Waals surface area contributed by atoms with Gasteiger partial charge in [0.1, 0.15) is 0 Å². The molecule has 1 aliphatic heterocycles. The maximum absolute atomic E-state index is 11.9. The average molecular weight is 227 g/mol. The average Bonchev–Trinajstić information content (AvgIpc) is 2.89. The predicted molar refractivity (Wildman–Crippen MR) is 53.0 cm³/mol. The largest absolute Gasteiger partial charge is 0.379 e. The minimum absolute atomic E-state index is 0.00130. The van der Waals surface area contributed by atoms with E-state index in [2.05, 4.69) is 10.4 Å². The fraction of sp³-hybridized carbons (Fsp3) is 0.750. The number of rotatable bonds is 1. The Bertz CT molecular complexity index is 445. The first kappa shape index (κ1) is 10.8. The Morgan fingerprint density at radius 3 is 2.81 bits per heavy atom. The Hall–Kier alpha value is -1.70. The summed E-state index contributed by atoms with van der Waals surface area (Å²) in [5, 5.41) is 6.98. The first-order chi connectivity index (χ1) is 7.61. The fourth-order valence-electron chi connectivity index (χ4n) is 1.57. The zero-order valence-electron chi connectivity index (χ0n) is 9.16. The molecular weight excluding hydrogens is 214 g/mol. The molecule has 16 heavy (non-hydrogen) atoms. The van der Waals surface area contributed by atoms with Crippen LogP contribution in [0.3, 0.4) is 0 Å². The molecule has 1 atom stereocenters. The Kier molecular flexibility index (Phi) is 2.73. The molecule has 88 valence electrons. The van der Waals surface area contributed by atoms with Crippen molar-refractivity contribution in [3.05, 3.63) is 10.5 Å². The van der Waals surface area contributed by atoms with Gasteiger partial charge in [0.15, 0.2) is 0 Å². The number of carbonyl (C=O) groups excluding carboxylic acids is 1. The zero-order chi connectivity index (χ0) is 11.7. The van der Waals surface area contributed by atoms with Gasteiger partial charge in [-0.1, -0.05) is 0 Å². The van der Waals surface area contributed by atoms with Crippen LogP contribution in [-0.2, 0) is 11.8 Å². The minimum Gasteiger partial charge on any atom is -0.379 e. The van der Waals surface area contributed by atoms with Crippen LogP contribution in [0.5, 0.6) is 0 Å². The molecule has 0 aromatic carbocycles. The maximum Gasteiger partial charge on any atom is 0.372 e. The molecule has 0 radical (unpaired) electrons. The molecular formula is C8H13N5O3. The van der Waals surface area contributed by atoms with Gasteiger partial charge >= 0.3 is 11.7 Å². The van der Waals surface area contributed by atoms with Gasteiger partial charge in [0.05, 0.1) is 12.6 Å². The molecule has 8 heteroatoms. The molecule has 0 N–H and O–H groups in total. The third kappa shape index (κ3) is 1.71. The number of aromatic nitrogens is 4. The van der Waals surface area contributed by atoms with Gasteiger partial charge < -0.3 is 9.64 Å². The number of carbonyl (C=O) groups is 1. The summed E-state index contributed by atoms with van der Waals surface area (Å²) in [6, 6.07) is -0.477. The topological polar surface area (TPSA) is 82.3 Å². The second kappa shape index (κ2) is 4.05. The lowest BCUT2D eigenvalue weighted by molar-refractivity contribution is 0.156. The summed E-state index contributed by atoms with van der Waals surface area (Å²) in [6.07, 6.45) is 0.775. The van der Waals surface area contributed by atoms with Crippen molar-refractivity contribution in [3.63, 3.8) is 0 Å². The Labute approximate surface area is 91.4 Å². The van der Waals surface area contributed by atoms with Gasteiger partial charge in [-0.05, 0) is 16.8 Å². The highest BCUT2D eigenvalue weighted by Crippen LogP contribution is 2.10. The Morgan fingerprint density at radius 1 is 1.56 bits per heavy atom. The summed E-state index contributed by atoms with van der Waals surface area (Å²) in [4.78, 5) is 24.8. The summed E-state index contributed by atoms with van der Waals surface area (Å²) in [5.74, 6) is 0. The van der Waals surface area contributed by atoms with Crippen molar-refractivity contribution in [1.82, 2.24) is 24.7 Å². The normalized spacial score (nSPS) is 20.0. The van der Waals surface area contributed by atoms with Gasteiger partial charge in [0, 0.05) is 20.7 Å². The lowest BCUT2D eigenvalue weighted by Crippen LogP contribution is -2.44. The van der Waals surface area contributed by atoms with Crippen molar-refractivity contribution in [2.45, 2.75) is 12.5 Å². The number of aryl methyl sites for hydroxylation is 1. The first-order valence-corrected chi connectivity index (χ1v) is 4.95. The minimum atomic E-state index is -0.546. The van der Waals surface area contributed by atoms with Gasteiger partial charge in [-0.25, -0.2) is 9.59 Å². The van der Waals surface area contributed by atoms with Crippen LogP contribution in [0.15, 0.2) is 4.79 Å². The highest BCUT2D eigenvalue weighted by molar-refractivity contribution is 5.75. The van der Waals surface area contributed by atoms with E-state index in [0.29, 0.717) is 13.2 Å². The van der Waals surface area contributed by atoms with Crippen LogP contribution >= 0.6 is 0 Å². The number of amides is 1. The van der Waals surface area contributed by atoms with Crippen molar-refractivity contribution in [3.8, 4) is 0 Å². The van der Waals surface area contributed by atoms with Crippen molar-refractivity contribution < 1.29 is 9.53 Å². The van der Waals surface area contributed by atoms with Crippen molar-refractivity contribution in [2.24, 2.45) is 7.05 Å². The van der Waals surface area contributed by atoms with Gasteiger partial charge in [0.25, 0.3) is 0 Å². The van der Waals surface area contributed by atoms with E-state index in [4.69, 9.17) is 4.74 Å². The number of nitrogens with zero attached hydrogens (tertiary/aromatic N) is 5. The summed E-state index contributed by atoms with van der Waals surface area (Å²) < 4.78 is 6.94. The molecule has 0 spiro atoms. The molecule has 1 aromatic heterocycles. The summed E-state index contributed by atoms with van der Waals surface area (Å²) >= 11 is 0. The molecule has 1 saturated heterocycles. The third-order valence-corrected chi connectivity index (χ3v) is 2.66. The Balaban J connectivity index is 2.18. The van der Waals surface area contributed by atoms with Gasteiger partial charge in [0.2, 0.25) is 0 Å². The maximum atomic E-state index is 11.9. The molecule has 0 saturated carbocycles. The van der Waals surface area contributed by atoms with E-state index in [1.807, 2.05) is 0 Å². The number of tetrazole rings is 1. The van der Waals surface area contributed by atoms with Crippen LogP contribution in [0.25, 0.3) is 0 Å². The van der Waals surface area contributed by atoms with Crippen LogP contribution in [0, 0.1) is 0 Å². The quantitative estimate of drug-likeness (QED) is 0.555. The van der Waals surface area contributed by atoms with E-state index in [1.54, 1.807) is 7.05 Å². The number of ether oxygens (including phenoxy) is 1. The molecule has 1 amide bonds. The molecule has 1 aromatic rings. The summed E-state index contributed by atoms with van der Waals surface area (Å²) in [5.41, 5.74) is -0.546. The second-order valence-corrected chi connectivity index (χ2v) is 3.71. The second-order valence-electron chi connectivity index (χ2n) is 3.71. The van der Waals surface area contributed by atoms with E-state index in [1.165, 1.54) is 11.9 Å². The molecule has 1 fully saturated rings. The van der Waals surface area contributed by atoms with Crippen LogP contribution in [0.1, 0.15) is 6.42 Å². The monoisotopic (exact) mass is 227 g/mol. The number of likely N-dealkylation sites (N-methyl/N-ethyl adjacent to an activating group) is 1. The molecule has 0 bridgehead atoms. The van der Waals surface area contributed by atoms with E-state index in [0.717, 1.165) is 15.8 Å². The predicted octanol–water partition coefficient (Wildman–Crippen LogP) is -1.33. The van der Waals surface area contributed by atoms with Gasteiger partial charge in [-0.2, -0.15) is 4.68 Å². The smallest absolute Gasteiger partial charge is 0.372 e. The van der Waals surface area contributed by atoms with Crippen LogP contribution < -0.4 is 5.69 Å². The zero-order valence-corrected chi connectivity index (χ0v) is 9.16. The lowest BCUT2D eigenvalue weighted by Gasteiger charge is -2.21. The van der Waals surface area contributed by atoms with Crippen LogP contribution in [-0.4, -0.2) is 57.0 Å². The molecule has 2 rings (SSSR count). The van der Waals surface area contributed by atoms with Crippen molar-refractivity contribution in [2.75, 3.05) is 20.3 Å². The van der Waals surface area contributed by atoms with E-state index < -0.39 is 11.7 Å². The SMILES string of the molecule is CN(C(=O)n1nnn(C)c1=O)C1CCOC1. The van der Waals surface area contributed by atoms with Gasteiger partial charge in [-0.3, -0.25) is 0 Å². The summed E-state index contributed by atoms with van der Waals surface area (Å²) in [6.45, 7) is 1.13. The molecule has 2 heterocycles. The molecule has 0 aliphatic carbocycles. The third-order valence-electron chi connectivity index (χ3n) is 2.66. The Morgan fingerprint density at radius 2 is 2.31 bits per heavy atom. The van der Waals surface area contributed by atoms with Crippen LogP contribution in [0.2, 0.25) is 0 Å². The molecule has 1 aliphatic rings. The highest BCUT2D eigenvalue weighted by Gasteiger charge is 2.27. The van der Waals surface area contributed by atoms with Gasteiger partial charge in [-0.15, -0.1) is 4.68 Å². The van der Waals surface area contributed by atoms with E-state index >= 15 is 0 Å². The summed E-state index contributed by atoms with van der Waals surface area (Å²) in [7, 11) is 3.07. The molecule has 8 nitrogen and oxygen atoms in total. The number of hydrogen-bond acceptors (Lipinski definition) is 5. The van der Waals surface area contributed by atoms with E-state index in [-0.39, 0.29) is 6.04 Å². The fourth-order valence-corrected chi connectivity index (χ4v) is 1.57. The lowest BCUT2D eigenvalue weighted by atomic mass is 10.2. The highest BCUT2D eigenvalue weighted by atomic mass is 16.5. The van der Waals surface area contributed by atoms with Crippen molar-refractivity contribution in [1.29, 1.82) is 0 Å². The molecule has 1 unspecified atom stereocenters. The first-order valence-electron chi connectivity index (χ1n) is 4.95. The standard InChI is InChI=1S/C8H13N5O3/c1-11(6-3-4-16-5-6)7(14)13-8(15)12(2)9-10-13/h6H,3-5H2,1-2H3. The number of hydrogen-bond donors (Lipinski definition) is 0.